The van der Waals surface area contributed by atoms with Gasteiger partial charge in [-0.2, -0.15) is 0 Å². The molecule has 21 heavy (non-hydrogen) atoms. The predicted molar refractivity (Wildman–Crippen MR) is 84.6 cm³/mol. The number of nitro groups is 1. The van der Waals surface area contributed by atoms with E-state index >= 15 is 0 Å². The molecular formula is C14H19BrN4O2. The van der Waals surface area contributed by atoms with Gasteiger partial charge in [0, 0.05) is 24.7 Å². The lowest BCUT2D eigenvalue weighted by atomic mass is 10.0. The summed E-state index contributed by atoms with van der Waals surface area (Å²) in [7, 11) is 0. The minimum absolute atomic E-state index is 0.0252. The Labute approximate surface area is 132 Å². The Hall–Kier alpha value is -1.21. The van der Waals surface area contributed by atoms with E-state index in [1.165, 1.54) is 38.3 Å². The summed E-state index contributed by atoms with van der Waals surface area (Å²) >= 11 is 3.45. The van der Waals surface area contributed by atoms with Gasteiger partial charge in [-0.25, -0.2) is 4.98 Å². The fourth-order valence-corrected chi connectivity index (χ4v) is 3.41. The van der Waals surface area contributed by atoms with Crippen molar-refractivity contribution in [1.29, 1.82) is 0 Å². The van der Waals surface area contributed by atoms with Crippen LogP contribution < -0.4 is 10.2 Å². The van der Waals surface area contributed by atoms with Gasteiger partial charge in [-0.15, -0.1) is 0 Å². The first-order valence-corrected chi connectivity index (χ1v) is 8.24. The van der Waals surface area contributed by atoms with Gasteiger partial charge in [-0.1, -0.05) is 6.42 Å². The minimum atomic E-state index is -0.411. The molecule has 0 spiro atoms. The fourth-order valence-electron chi connectivity index (χ4n) is 2.84. The van der Waals surface area contributed by atoms with E-state index in [1.807, 2.05) is 0 Å². The van der Waals surface area contributed by atoms with E-state index in [1.54, 1.807) is 6.07 Å². The van der Waals surface area contributed by atoms with Gasteiger partial charge in [-0.3, -0.25) is 10.1 Å². The molecule has 7 heteroatoms. The van der Waals surface area contributed by atoms with Crippen LogP contribution in [0.4, 0.5) is 11.5 Å². The fraction of sp³-hybridized carbons (Fsp3) is 0.643. The van der Waals surface area contributed by atoms with Crippen LogP contribution in [-0.4, -0.2) is 35.1 Å². The second-order valence-electron chi connectivity index (χ2n) is 5.79. The maximum absolute atomic E-state index is 10.8. The monoisotopic (exact) mass is 354 g/mol. The number of halogens is 1. The third kappa shape index (κ3) is 3.52. The topological polar surface area (TPSA) is 71.3 Å². The third-order valence-corrected chi connectivity index (χ3v) is 4.69. The lowest BCUT2D eigenvalue weighted by molar-refractivity contribution is -0.385. The zero-order chi connectivity index (χ0) is 14.8. The van der Waals surface area contributed by atoms with E-state index in [4.69, 9.17) is 0 Å². The first kappa shape index (κ1) is 14.7. The van der Waals surface area contributed by atoms with Crippen LogP contribution in [0.2, 0.25) is 0 Å². The van der Waals surface area contributed by atoms with Gasteiger partial charge in [0.15, 0.2) is 0 Å². The Morgan fingerprint density at radius 1 is 1.43 bits per heavy atom. The molecule has 1 aromatic rings. The van der Waals surface area contributed by atoms with Crippen LogP contribution in [-0.2, 0) is 0 Å². The largest absolute Gasteiger partial charge is 0.351 e. The summed E-state index contributed by atoms with van der Waals surface area (Å²) in [6.07, 6.45) is 7.41. The highest BCUT2D eigenvalue weighted by Gasteiger charge is 2.33. The highest BCUT2D eigenvalue weighted by molar-refractivity contribution is 9.10. The summed E-state index contributed by atoms with van der Waals surface area (Å²) in [6, 6.07) is 2.56. The van der Waals surface area contributed by atoms with Crippen LogP contribution in [0.1, 0.15) is 32.1 Å². The summed E-state index contributed by atoms with van der Waals surface area (Å²) in [5.41, 5.74) is 0.0252. The predicted octanol–water partition coefficient (Wildman–Crippen LogP) is 2.86. The molecule has 1 saturated heterocycles. The van der Waals surface area contributed by atoms with E-state index in [0.717, 1.165) is 18.9 Å². The summed E-state index contributed by atoms with van der Waals surface area (Å²) in [4.78, 5) is 17.0. The molecule has 1 aliphatic carbocycles. The minimum Gasteiger partial charge on any atom is -0.351 e. The van der Waals surface area contributed by atoms with Crippen LogP contribution in [0, 0.1) is 10.1 Å². The molecule has 1 unspecified atom stereocenters. The molecule has 114 valence electrons. The van der Waals surface area contributed by atoms with E-state index in [-0.39, 0.29) is 5.69 Å². The molecule has 3 rings (SSSR count). The number of nitrogens with one attached hydrogen (secondary N) is 1. The second kappa shape index (κ2) is 6.27. The summed E-state index contributed by atoms with van der Waals surface area (Å²) in [5, 5.41) is 14.4. The summed E-state index contributed by atoms with van der Waals surface area (Å²) in [5.74, 6) is 0.829. The van der Waals surface area contributed by atoms with Crippen molar-refractivity contribution in [2.45, 2.75) is 44.2 Å². The van der Waals surface area contributed by atoms with Gasteiger partial charge < -0.3 is 10.2 Å². The Bertz CT molecular complexity index is 530. The Morgan fingerprint density at radius 3 is 2.81 bits per heavy atom. The Balaban J connectivity index is 1.78. The number of aromatic nitrogens is 1. The van der Waals surface area contributed by atoms with Crippen molar-refractivity contribution in [3.8, 4) is 0 Å². The molecule has 1 aliphatic heterocycles. The molecule has 6 nitrogen and oxygen atoms in total. The summed E-state index contributed by atoms with van der Waals surface area (Å²) in [6.45, 7) is 2.01. The molecule has 2 aliphatic rings. The molecule has 1 aromatic heterocycles. The summed E-state index contributed by atoms with van der Waals surface area (Å²) < 4.78 is 0.708. The molecule has 0 amide bonds. The zero-order valence-electron chi connectivity index (χ0n) is 11.8. The smallest absolute Gasteiger partial charge is 0.288 e. The average molecular weight is 355 g/mol. The Kier molecular flexibility index (Phi) is 4.40. The molecule has 2 fully saturated rings. The number of piperidine rings is 1. The van der Waals surface area contributed by atoms with Gasteiger partial charge in [0.1, 0.15) is 12.0 Å². The number of hydrogen-bond acceptors (Lipinski definition) is 5. The third-order valence-electron chi connectivity index (χ3n) is 4.11. The first-order valence-electron chi connectivity index (χ1n) is 7.45. The molecular weight excluding hydrogens is 336 g/mol. The quantitative estimate of drug-likeness (QED) is 0.650. The van der Waals surface area contributed by atoms with Gasteiger partial charge in [0.25, 0.3) is 5.69 Å². The van der Waals surface area contributed by atoms with Crippen LogP contribution in [0.3, 0.4) is 0 Å². The molecule has 0 bridgehead atoms. The normalized spacial score (nSPS) is 22.0. The zero-order valence-corrected chi connectivity index (χ0v) is 13.4. The highest BCUT2D eigenvalue weighted by atomic mass is 79.9. The van der Waals surface area contributed by atoms with Crippen molar-refractivity contribution in [1.82, 2.24) is 10.3 Å². The Morgan fingerprint density at radius 2 is 2.24 bits per heavy atom. The van der Waals surface area contributed by atoms with Crippen LogP contribution in [0.15, 0.2) is 16.7 Å². The van der Waals surface area contributed by atoms with E-state index in [9.17, 15) is 10.1 Å². The van der Waals surface area contributed by atoms with E-state index in [0.29, 0.717) is 16.6 Å². The van der Waals surface area contributed by atoms with Gasteiger partial charge in [-0.05, 0) is 48.2 Å². The number of nitrogens with zero attached hydrogens (tertiary/aromatic N) is 3. The van der Waals surface area contributed by atoms with E-state index in [2.05, 4.69) is 31.1 Å². The van der Waals surface area contributed by atoms with Crippen molar-refractivity contribution in [2.75, 3.05) is 18.0 Å². The average Bonchev–Trinajstić information content (AvgIpc) is 3.31. The lowest BCUT2D eigenvalue weighted by Gasteiger charge is -2.32. The highest BCUT2D eigenvalue weighted by Crippen LogP contribution is 2.36. The number of hydrogen-bond donors (Lipinski definition) is 1. The number of rotatable bonds is 5. The molecule has 2 heterocycles. The van der Waals surface area contributed by atoms with Crippen molar-refractivity contribution < 1.29 is 4.92 Å². The van der Waals surface area contributed by atoms with Crippen LogP contribution >= 0.6 is 15.9 Å². The van der Waals surface area contributed by atoms with Crippen molar-refractivity contribution in [3.05, 3.63) is 26.9 Å². The lowest BCUT2D eigenvalue weighted by Crippen LogP contribution is -2.45. The molecule has 1 atom stereocenters. The maximum atomic E-state index is 10.8. The number of anilines is 1. The van der Waals surface area contributed by atoms with Gasteiger partial charge in [0.05, 0.1) is 9.40 Å². The van der Waals surface area contributed by atoms with Crippen molar-refractivity contribution in [3.63, 3.8) is 0 Å². The second-order valence-corrected chi connectivity index (χ2v) is 6.64. The van der Waals surface area contributed by atoms with Crippen LogP contribution in [0.25, 0.3) is 0 Å². The molecule has 1 saturated carbocycles. The van der Waals surface area contributed by atoms with Gasteiger partial charge >= 0.3 is 0 Å². The first-order chi connectivity index (χ1) is 10.1. The molecule has 0 aromatic carbocycles. The van der Waals surface area contributed by atoms with Crippen LogP contribution in [0.5, 0.6) is 0 Å². The van der Waals surface area contributed by atoms with Gasteiger partial charge in [0.2, 0.25) is 0 Å². The molecule has 1 N–H and O–H groups in total. The maximum Gasteiger partial charge on any atom is 0.288 e. The molecule has 0 radical (unpaired) electrons. The standard InChI is InChI=1S/C14H19BrN4O2/c15-13-7-12(19(20)21)8-17-14(13)18(11-4-5-11)9-10-3-1-2-6-16-10/h7-8,10-11,16H,1-6,9H2. The number of pyridine rings is 1. The van der Waals surface area contributed by atoms with Crippen molar-refractivity contribution >= 4 is 27.4 Å². The SMILES string of the molecule is O=[N+]([O-])c1cnc(N(CC2CCCCN2)C2CC2)c(Br)c1. The van der Waals surface area contributed by atoms with E-state index < -0.39 is 4.92 Å². The van der Waals surface area contributed by atoms with Crippen molar-refractivity contribution in [2.24, 2.45) is 0 Å².